The van der Waals surface area contributed by atoms with Gasteiger partial charge in [-0.15, -0.1) is 11.6 Å². The summed E-state index contributed by atoms with van der Waals surface area (Å²) in [6.07, 6.45) is 0. The first kappa shape index (κ1) is 13.4. The molecule has 1 aromatic carbocycles. The second-order valence-electron chi connectivity index (χ2n) is 4.39. The van der Waals surface area contributed by atoms with E-state index in [0.29, 0.717) is 17.2 Å². The highest BCUT2D eigenvalue weighted by Crippen LogP contribution is 2.36. The van der Waals surface area contributed by atoms with E-state index >= 15 is 0 Å². The van der Waals surface area contributed by atoms with Crippen molar-refractivity contribution in [3.05, 3.63) is 28.8 Å². The molecule has 2 atom stereocenters. The van der Waals surface area contributed by atoms with E-state index in [1.807, 2.05) is 23.9 Å². The van der Waals surface area contributed by atoms with Gasteiger partial charge in [0, 0.05) is 29.5 Å². The highest BCUT2D eigenvalue weighted by molar-refractivity contribution is 8.00. The van der Waals surface area contributed by atoms with Gasteiger partial charge in [-0.05, 0) is 18.6 Å². The largest absolute Gasteiger partial charge is 0.365 e. The van der Waals surface area contributed by atoms with Crippen LogP contribution in [0.2, 0.25) is 5.02 Å². The van der Waals surface area contributed by atoms with Gasteiger partial charge < -0.3 is 4.90 Å². The first-order chi connectivity index (χ1) is 8.15. The minimum Gasteiger partial charge on any atom is -0.365 e. The number of alkyl halides is 1. The van der Waals surface area contributed by atoms with Crippen LogP contribution in [0.5, 0.6) is 0 Å². The molecule has 0 aromatic heterocycles. The van der Waals surface area contributed by atoms with Gasteiger partial charge in [0.2, 0.25) is 0 Å². The Labute approximate surface area is 117 Å². The van der Waals surface area contributed by atoms with Crippen molar-refractivity contribution in [2.75, 3.05) is 17.2 Å². The molecule has 0 radical (unpaired) electrons. The van der Waals surface area contributed by atoms with Crippen molar-refractivity contribution in [1.82, 2.24) is 0 Å². The second kappa shape index (κ2) is 5.73. The Bertz CT molecular complexity index is 397. The van der Waals surface area contributed by atoms with Crippen molar-refractivity contribution in [3.8, 4) is 0 Å². The molecular weight excluding hydrogens is 273 g/mol. The summed E-state index contributed by atoms with van der Waals surface area (Å²) >= 11 is 14.4. The average molecular weight is 290 g/mol. The first-order valence-corrected chi connectivity index (χ1v) is 7.83. The van der Waals surface area contributed by atoms with Crippen molar-refractivity contribution in [2.24, 2.45) is 0 Å². The van der Waals surface area contributed by atoms with Gasteiger partial charge in [-0.3, -0.25) is 0 Å². The molecule has 1 fully saturated rings. The van der Waals surface area contributed by atoms with Crippen LogP contribution in [-0.4, -0.2) is 23.6 Å². The summed E-state index contributed by atoms with van der Waals surface area (Å²) in [6.45, 7) is 5.58. The Kier molecular flexibility index (Phi) is 4.51. The fourth-order valence-electron chi connectivity index (χ4n) is 2.24. The molecule has 0 bridgehead atoms. The van der Waals surface area contributed by atoms with Gasteiger partial charge in [0.05, 0.1) is 10.7 Å². The van der Waals surface area contributed by atoms with Gasteiger partial charge in [-0.25, -0.2) is 0 Å². The zero-order chi connectivity index (χ0) is 12.4. The highest BCUT2D eigenvalue weighted by atomic mass is 35.5. The van der Waals surface area contributed by atoms with Crippen molar-refractivity contribution >= 4 is 40.7 Å². The summed E-state index contributed by atoms with van der Waals surface area (Å²) in [5, 5.41) is 1.44. The Balaban J connectivity index is 2.38. The number of thioether (sulfide) groups is 1. The summed E-state index contributed by atoms with van der Waals surface area (Å²) in [4.78, 5) is 2.40. The number of rotatable bonds is 2. The van der Waals surface area contributed by atoms with E-state index in [2.05, 4.69) is 24.8 Å². The number of halogens is 2. The number of para-hydroxylation sites is 1. The molecule has 0 spiro atoms. The molecule has 0 amide bonds. The van der Waals surface area contributed by atoms with Crippen LogP contribution in [0.25, 0.3) is 0 Å². The predicted molar refractivity (Wildman–Crippen MR) is 79.7 cm³/mol. The maximum Gasteiger partial charge on any atom is 0.0642 e. The smallest absolute Gasteiger partial charge is 0.0642 e. The molecule has 94 valence electrons. The minimum atomic E-state index is 0.496. The maximum absolute atomic E-state index is 6.35. The lowest BCUT2D eigenvalue weighted by Crippen LogP contribution is -2.45. The molecule has 1 aromatic rings. The van der Waals surface area contributed by atoms with Gasteiger partial charge in [-0.1, -0.05) is 30.7 Å². The average Bonchev–Trinajstić information content (AvgIpc) is 2.33. The Morgan fingerprint density at radius 1 is 1.41 bits per heavy atom. The van der Waals surface area contributed by atoms with Crippen molar-refractivity contribution in [1.29, 1.82) is 0 Å². The van der Waals surface area contributed by atoms with Crippen LogP contribution in [0.3, 0.4) is 0 Å². The molecule has 2 rings (SSSR count). The van der Waals surface area contributed by atoms with Gasteiger partial charge in [0.15, 0.2) is 0 Å². The molecule has 0 saturated carbocycles. The standard InChI is InChI=1S/C13H17Cl2NS/c1-9-10(2)17-7-6-16(9)13-11(8-14)4-3-5-12(13)15/h3-5,9-10H,6-8H2,1-2H3. The van der Waals surface area contributed by atoms with E-state index in [0.717, 1.165) is 28.6 Å². The molecule has 1 heterocycles. The molecule has 1 nitrogen and oxygen atoms in total. The molecule has 17 heavy (non-hydrogen) atoms. The number of benzene rings is 1. The van der Waals surface area contributed by atoms with E-state index < -0.39 is 0 Å². The van der Waals surface area contributed by atoms with Gasteiger partial charge in [0.1, 0.15) is 0 Å². The lowest BCUT2D eigenvalue weighted by atomic mass is 10.1. The fourth-order valence-corrected chi connectivity index (χ4v) is 3.86. The van der Waals surface area contributed by atoms with Gasteiger partial charge in [0.25, 0.3) is 0 Å². The number of nitrogens with zero attached hydrogens (tertiary/aromatic N) is 1. The minimum absolute atomic E-state index is 0.496. The number of hydrogen-bond acceptors (Lipinski definition) is 2. The van der Waals surface area contributed by atoms with Crippen LogP contribution in [0.4, 0.5) is 5.69 Å². The third-order valence-electron chi connectivity index (χ3n) is 3.39. The van der Waals surface area contributed by atoms with E-state index in [-0.39, 0.29) is 0 Å². The van der Waals surface area contributed by atoms with Crippen LogP contribution in [-0.2, 0) is 5.88 Å². The van der Waals surface area contributed by atoms with Crippen LogP contribution < -0.4 is 4.90 Å². The van der Waals surface area contributed by atoms with E-state index in [1.165, 1.54) is 0 Å². The SMILES string of the molecule is CC1SCCN(c2c(Cl)cccc2CCl)C1C. The molecule has 0 aliphatic carbocycles. The summed E-state index contributed by atoms with van der Waals surface area (Å²) in [5.74, 6) is 1.67. The third kappa shape index (κ3) is 2.69. The molecule has 1 aliphatic rings. The van der Waals surface area contributed by atoms with Crippen molar-refractivity contribution in [2.45, 2.75) is 31.0 Å². The van der Waals surface area contributed by atoms with Crippen molar-refractivity contribution in [3.63, 3.8) is 0 Å². The Hall–Kier alpha value is -0.0500. The van der Waals surface area contributed by atoms with Gasteiger partial charge >= 0.3 is 0 Å². The molecule has 1 saturated heterocycles. The van der Waals surface area contributed by atoms with E-state index in [4.69, 9.17) is 23.2 Å². The normalized spacial score (nSPS) is 25.1. The van der Waals surface area contributed by atoms with Crippen molar-refractivity contribution < 1.29 is 0 Å². The molecule has 2 unspecified atom stereocenters. The Morgan fingerprint density at radius 2 is 2.18 bits per heavy atom. The topological polar surface area (TPSA) is 3.24 Å². The molecule has 0 N–H and O–H groups in total. The third-order valence-corrected chi connectivity index (χ3v) is 5.32. The lowest BCUT2D eigenvalue weighted by Gasteiger charge is -2.40. The van der Waals surface area contributed by atoms with Crippen LogP contribution in [0, 0.1) is 0 Å². The summed E-state index contributed by atoms with van der Waals surface area (Å²) in [5.41, 5.74) is 2.26. The fraction of sp³-hybridized carbons (Fsp3) is 0.538. The predicted octanol–water partition coefficient (Wildman–Crippen LogP) is 4.41. The van der Waals surface area contributed by atoms with Crippen LogP contribution in [0.15, 0.2) is 18.2 Å². The number of hydrogen-bond donors (Lipinski definition) is 0. The maximum atomic E-state index is 6.35. The van der Waals surface area contributed by atoms with E-state index in [1.54, 1.807) is 0 Å². The molecule has 4 heteroatoms. The zero-order valence-electron chi connectivity index (χ0n) is 10.1. The van der Waals surface area contributed by atoms with E-state index in [9.17, 15) is 0 Å². The lowest BCUT2D eigenvalue weighted by molar-refractivity contribution is 0.626. The monoisotopic (exact) mass is 289 g/mol. The van der Waals surface area contributed by atoms with Crippen LogP contribution >= 0.6 is 35.0 Å². The highest BCUT2D eigenvalue weighted by Gasteiger charge is 2.27. The Morgan fingerprint density at radius 3 is 2.88 bits per heavy atom. The van der Waals surface area contributed by atoms with Gasteiger partial charge in [-0.2, -0.15) is 11.8 Å². The quantitative estimate of drug-likeness (QED) is 0.742. The molecular formula is C13H17Cl2NS. The van der Waals surface area contributed by atoms with Crippen LogP contribution in [0.1, 0.15) is 19.4 Å². The summed E-state index contributed by atoms with van der Waals surface area (Å²) in [6, 6.07) is 6.48. The second-order valence-corrected chi connectivity index (χ2v) is 6.55. The summed E-state index contributed by atoms with van der Waals surface area (Å²) in [7, 11) is 0. The number of anilines is 1. The zero-order valence-corrected chi connectivity index (χ0v) is 12.4. The first-order valence-electron chi connectivity index (χ1n) is 5.86. The molecule has 1 aliphatic heterocycles. The summed E-state index contributed by atoms with van der Waals surface area (Å²) < 4.78 is 0.